The van der Waals surface area contributed by atoms with Gasteiger partial charge in [0.15, 0.2) is 0 Å². The molecule has 1 aromatic carbocycles. The average Bonchev–Trinajstić information content (AvgIpc) is 2.31. The molecule has 0 aliphatic rings. The highest BCUT2D eigenvalue weighted by atomic mass is 19.1. The average molecular weight is 234 g/mol. The van der Waals surface area contributed by atoms with Gasteiger partial charge in [-0.3, -0.25) is 0 Å². The molecule has 1 unspecified atom stereocenters. The Morgan fingerprint density at radius 3 is 2.65 bits per heavy atom. The molecule has 92 valence electrons. The monoisotopic (exact) mass is 234 g/mol. The van der Waals surface area contributed by atoms with Crippen molar-refractivity contribution in [3.8, 4) is 6.07 Å². The molecule has 3 heteroatoms. The number of nitrogens with one attached hydrogen (secondary N) is 1. The van der Waals surface area contributed by atoms with Crippen LogP contribution in [-0.2, 0) is 6.54 Å². The van der Waals surface area contributed by atoms with E-state index in [9.17, 15) is 4.39 Å². The van der Waals surface area contributed by atoms with Gasteiger partial charge in [-0.1, -0.05) is 26.8 Å². The molecule has 2 nitrogen and oxygen atoms in total. The smallest absolute Gasteiger partial charge is 0.140 e. The van der Waals surface area contributed by atoms with Gasteiger partial charge < -0.3 is 5.32 Å². The molecule has 0 saturated heterocycles. The molecular formula is C14H19FN2. The van der Waals surface area contributed by atoms with Gasteiger partial charge >= 0.3 is 0 Å². The summed E-state index contributed by atoms with van der Waals surface area (Å²) in [5.41, 5.74) is 1.06. The number of rotatable bonds is 5. The Morgan fingerprint density at radius 2 is 2.12 bits per heavy atom. The minimum atomic E-state index is -0.452. The number of halogens is 1. The second-order valence-corrected chi connectivity index (χ2v) is 4.57. The highest BCUT2D eigenvalue weighted by Crippen LogP contribution is 2.11. The van der Waals surface area contributed by atoms with E-state index in [2.05, 4.69) is 26.1 Å². The normalized spacial score (nSPS) is 12.5. The first-order valence-corrected chi connectivity index (χ1v) is 6.00. The Hall–Kier alpha value is -1.40. The van der Waals surface area contributed by atoms with Crippen LogP contribution in [0.5, 0.6) is 0 Å². The zero-order valence-corrected chi connectivity index (χ0v) is 10.6. The van der Waals surface area contributed by atoms with E-state index in [0.29, 0.717) is 18.5 Å². The molecule has 0 radical (unpaired) electrons. The van der Waals surface area contributed by atoms with E-state index < -0.39 is 5.82 Å². The van der Waals surface area contributed by atoms with Crippen molar-refractivity contribution in [1.29, 1.82) is 5.26 Å². The van der Waals surface area contributed by atoms with Crippen LogP contribution in [0.3, 0.4) is 0 Å². The summed E-state index contributed by atoms with van der Waals surface area (Å²) in [5, 5.41) is 12.2. The first kappa shape index (κ1) is 13.7. The molecule has 0 saturated carbocycles. The minimum Gasteiger partial charge on any atom is -0.310 e. The van der Waals surface area contributed by atoms with Crippen LogP contribution in [0.1, 0.15) is 38.3 Å². The molecule has 0 fully saturated rings. The quantitative estimate of drug-likeness (QED) is 0.849. The van der Waals surface area contributed by atoms with Crippen LogP contribution in [0, 0.1) is 23.1 Å². The van der Waals surface area contributed by atoms with E-state index >= 15 is 0 Å². The molecule has 17 heavy (non-hydrogen) atoms. The summed E-state index contributed by atoms with van der Waals surface area (Å²) in [6.07, 6.45) is 1.06. The SMILES string of the molecule is CCC(NCc1ccc(F)c(C#N)c1)C(C)C. The Labute approximate surface area is 102 Å². The van der Waals surface area contributed by atoms with Crippen molar-refractivity contribution in [2.45, 2.75) is 39.8 Å². The summed E-state index contributed by atoms with van der Waals surface area (Å²) >= 11 is 0. The maximum absolute atomic E-state index is 13.1. The molecule has 0 aromatic heterocycles. The van der Waals surface area contributed by atoms with Crippen LogP contribution in [0.2, 0.25) is 0 Å². The first-order chi connectivity index (χ1) is 8.08. The van der Waals surface area contributed by atoms with Crippen LogP contribution in [-0.4, -0.2) is 6.04 Å². The van der Waals surface area contributed by atoms with Gasteiger partial charge in [0.25, 0.3) is 0 Å². The molecule has 0 heterocycles. The van der Waals surface area contributed by atoms with E-state index in [1.54, 1.807) is 12.1 Å². The highest BCUT2D eigenvalue weighted by Gasteiger charge is 2.10. The van der Waals surface area contributed by atoms with Crippen LogP contribution in [0.4, 0.5) is 4.39 Å². The van der Waals surface area contributed by atoms with Crippen LogP contribution < -0.4 is 5.32 Å². The van der Waals surface area contributed by atoms with Gasteiger partial charge in [-0.15, -0.1) is 0 Å². The summed E-state index contributed by atoms with van der Waals surface area (Å²) < 4.78 is 13.1. The number of nitrogens with zero attached hydrogens (tertiary/aromatic N) is 1. The van der Waals surface area contributed by atoms with Gasteiger partial charge in [-0.05, 0) is 30.0 Å². The van der Waals surface area contributed by atoms with Crippen molar-refractivity contribution < 1.29 is 4.39 Å². The van der Waals surface area contributed by atoms with Gasteiger partial charge in [0.1, 0.15) is 11.9 Å². The first-order valence-electron chi connectivity index (χ1n) is 6.00. The second kappa shape index (κ2) is 6.36. The fraction of sp³-hybridized carbons (Fsp3) is 0.500. The molecular weight excluding hydrogens is 215 g/mol. The molecule has 0 amide bonds. The Morgan fingerprint density at radius 1 is 1.41 bits per heavy atom. The molecule has 1 atom stereocenters. The predicted molar refractivity (Wildman–Crippen MR) is 66.9 cm³/mol. The third-order valence-electron chi connectivity index (χ3n) is 2.96. The van der Waals surface area contributed by atoms with Crippen molar-refractivity contribution in [3.63, 3.8) is 0 Å². The predicted octanol–water partition coefficient (Wildman–Crippen LogP) is 3.22. The third kappa shape index (κ3) is 3.83. The lowest BCUT2D eigenvalue weighted by atomic mass is 10.0. The van der Waals surface area contributed by atoms with E-state index in [1.165, 1.54) is 6.07 Å². The molecule has 0 aliphatic heterocycles. The molecule has 1 rings (SSSR count). The molecule has 1 N–H and O–H groups in total. The van der Waals surface area contributed by atoms with Crippen LogP contribution in [0.15, 0.2) is 18.2 Å². The van der Waals surface area contributed by atoms with E-state index in [1.807, 2.05) is 6.07 Å². The van der Waals surface area contributed by atoms with Gasteiger partial charge in [0, 0.05) is 12.6 Å². The molecule has 0 spiro atoms. The Kier molecular flexibility index (Phi) is 5.11. The van der Waals surface area contributed by atoms with Crippen LogP contribution >= 0.6 is 0 Å². The third-order valence-corrected chi connectivity index (χ3v) is 2.96. The van der Waals surface area contributed by atoms with Gasteiger partial charge in [-0.2, -0.15) is 5.26 Å². The summed E-state index contributed by atoms with van der Waals surface area (Å²) in [4.78, 5) is 0. The lowest BCUT2D eigenvalue weighted by Gasteiger charge is -2.20. The minimum absolute atomic E-state index is 0.113. The standard InChI is InChI=1S/C14H19FN2/c1-4-14(10(2)3)17-9-11-5-6-13(15)12(7-11)8-16/h5-7,10,14,17H,4,9H2,1-3H3. The fourth-order valence-electron chi connectivity index (χ4n) is 1.87. The second-order valence-electron chi connectivity index (χ2n) is 4.57. The number of benzene rings is 1. The van der Waals surface area contributed by atoms with E-state index in [-0.39, 0.29) is 5.56 Å². The lowest BCUT2D eigenvalue weighted by molar-refractivity contribution is 0.387. The van der Waals surface area contributed by atoms with Crippen molar-refractivity contribution in [3.05, 3.63) is 35.1 Å². The summed E-state index contributed by atoms with van der Waals surface area (Å²) in [5.74, 6) is 0.114. The Balaban J connectivity index is 2.67. The maximum Gasteiger partial charge on any atom is 0.140 e. The van der Waals surface area contributed by atoms with Crippen molar-refractivity contribution >= 4 is 0 Å². The molecule has 0 aliphatic carbocycles. The summed E-state index contributed by atoms with van der Waals surface area (Å²) in [7, 11) is 0. The highest BCUT2D eigenvalue weighted by molar-refractivity contribution is 5.34. The zero-order chi connectivity index (χ0) is 12.8. The number of hydrogen-bond acceptors (Lipinski definition) is 2. The Bertz CT molecular complexity index is 407. The van der Waals surface area contributed by atoms with Crippen molar-refractivity contribution in [2.24, 2.45) is 5.92 Å². The summed E-state index contributed by atoms with van der Waals surface area (Å²) in [6, 6.07) is 6.98. The molecule has 1 aromatic rings. The summed E-state index contributed by atoms with van der Waals surface area (Å²) in [6.45, 7) is 7.16. The zero-order valence-electron chi connectivity index (χ0n) is 10.6. The fourth-order valence-corrected chi connectivity index (χ4v) is 1.87. The van der Waals surface area contributed by atoms with Crippen molar-refractivity contribution in [2.75, 3.05) is 0 Å². The van der Waals surface area contributed by atoms with Gasteiger partial charge in [0.05, 0.1) is 5.56 Å². The van der Waals surface area contributed by atoms with E-state index in [0.717, 1.165) is 12.0 Å². The van der Waals surface area contributed by atoms with E-state index in [4.69, 9.17) is 5.26 Å². The topological polar surface area (TPSA) is 35.8 Å². The largest absolute Gasteiger partial charge is 0.310 e. The maximum atomic E-state index is 13.1. The van der Waals surface area contributed by atoms with Gasteiger partial charge in [-0.25, -0.2) is 4.39 Å². The van der Waals surface area contributed by atoms with Gasteiger partial charge in [0.2, 0.25) is 0 Å². The van der Waals surface area contributed by atoms with Crippen molar-refractivity contribution in [1.82, 2.24) is 5.32 Å². The lowest BCUT2D eigenvalue weighted by Crippen LogP contribution is -2.32. The van der Waals surface area contributed by atoms with Crippen LogP contribution in [0.25, 0.3) is 0 Å². The molecule has 0 bridgehead atoms. The number of hydrogen-bond donors (Lipinski definition) is 1. The number of nitriles is 1.